The van der Waals surface area contributed by atoms with Crippen LogP contribution in [0.25, 0.3) is 6.08 Å². The maximum Gasteiger partial charge on any atom is 0.266 e. The highest BCUT2D eigenvalue weighted by Gasteiger charge is 2.32. The molecular formula is C16H13NO4S2. The average Bonchev–Trinajstić information content (AvgIpc) is 3.14. The third kappa shape index (κ3) is 3.25. The zero-order valence-electron chi connectivity index (χ0n) is 12.2. The summed E-state index contributed by atoms with van der Waals surface area (Å²) in [5, 5.41) is 9.62. The third-order valence-electron chi connectivity index (χ3n) is 3.27. The first kappa shape index (κ1) is 15.6. The van der Waals surface area contributed by atoms with Gasteiger partial charge in [-0.3, -0.25) is 9.69 Å². The Morgan fingerprint density at radius 2 is 2.26 bits per heavy atom. The quantitative estimate of drug-likeness (QED) is 0.676. The van der Waals surface area contributed by atoms with Gasteiger partial charge in [0.25, 0.3) is 5.91 Å². The fraction of sp³-hybridized carbons (Fsp3) is 0.125. The number of phenols is 1. The molecule has 0 unspecified atom stereocenters. The zero-order valence-corrected chi connectivity index (χ0v) is 13.8. The topological polar surface area (TPSA) is 62.9 Å². The van der Waals surface area contributed by atoms with E-state index in [0.717, 1.165) is 5.56 Å². The number of aromatic hydroxyl groups is 1. The van der Waals surface area contributed by atoms with E-state index < -0.39 is 0 Å². The molecule has 23 heavy (non-hydrogen) atoms. The van der Waals surface area contributed by atoms with Gasteiger partial charge in [-0.1, -0.05) is 30.0 Å². The van der Waals surface area contributed by atoms with Crippen LogP contribution in [-0.2, 0) is 11.3 Å². The van der Waals surface area contributed by atoms with Gasteiger partial charge >= 0.3 is 0 Å². The molecule has 1 aromatic carbocycles. The van der Waals surface area contributed by atoms with E-state index in [2.05, 4.69) is 0 Å². The second kappa shape index (κ2) is 6.47. The third-order valence-corrected chi connectivity index (χ3v) is 4.65. The first-order valence-corrected chi connectivity index (χ1v) is 7.95. The Balaban J connectivity index is 1.83. The second-order valence-electron chi connectivity index (χ2n) is 4.78. The Morgan fingerprint density at radius 1 is 1.43 bits per heavy atom. The number of phenolic OH excluding ortho intramolecular Hbond substituents is 1. The maximum atomic E-state index is 12.5. The lowest BCUT2D eigenvalue weighted by Crippen LogP contribution is -2.27. The van der Waals surface area contributed by atoms with E-state index in [1.807, 2.05) is 0 Å². The Hall–Kier alpha value is -2.25. The van der Waals surface area contributed by atoms with E-state index in [1.165, 1.54) is 29.8 Å². The van der Waals surface area contributed by atoms with Gasteiger partial charge in [-0.05, 0) is 35.9 Å². The van der Waals surface area contributed by atoms with Crippen LogP contribution < -0.4 is 4.74 Å². The molecule has 0 spiro atoms. The summed E-state index contributed by atoms with van der Waals surface area (Å²) in [5.41, 5.74) is 0.748. The SMILES string of the molecule is COc1cc(/C=C2/SC(=S)N(Cc3ccco3)C2=O)ccc1O. The lowest BCUT2D eigenvalue weighted by molar-refractivity contribution is -0.122. The number of hydrogen-bond donors (Lipinski definition) is 1. The standard InChI is InChI=1S/C16H13NO4S2/c1-20-13-7-10(4-5-12(13)18)8-14-15(19)17(16(22)23-14)9-11-3-2-6-21-11/h2-8,18H,9H2,1H3/b14-8+. The van der Waals surface area contributed by atoms with Crippen LogP contribution in [0.5, 0.6) is 11.5 Å². The molecule has 1 aromatic heterocycles. The van der Waals surface area contributed by atoms with E-state index in [0.29, 0.717) is 27.3 Å². The number of ether oxygens (including phenoxy) is 1. The van der Waals surface area contributed by atoms with Crippen LogP contribution in [0.15, 0.2) is 45.9 Å². The van der Waals surface area contributed by atoms with Crippen molar-refractivity contribution in [3.05, 3.63) is 52.8 Å². The molecular weight excluding hydrogens is 334 g/mol. The minimum absolute atomic E-state index is 0.0509. The lowest BCUT2D eigenvalue weighted by atomic mass is 10.2. The summed E-state index contributed by atoms with van der Waals surface area (Å²) in [6.45, 7) is 0.313. The van der Waals surface area contributed by atoms with Gasteiger partial charge in [0.05, 0.1) is 24.8 Å². The molecule has 2 heterocycles. The molecule has 118 valence electrons. The van der Waals surface area contributed by atoms with Gasteiger partial charge in [0.2, 0.25) is 0 Å². The summed E-state index contributed by atoms with van der Waals surface area (Å²) in [5.74, 6) is 0.914. The number of rotatable bonds is 4. The van der Waals surface area contributed by atoms with Crippen molar-refractivity contribution in [1.82, 2.24) is 4.90 Å². The summed E-state index contributed by atoms with van der Waals surface area (Å²) < 4.78 is 10.8. The number of amides is 1. The average molecular weight is 347 g/mol. The Bertz CT molecular complexity index is 783. The minimum atomic E-state index is -0.163. The van der Waals surface area contributed by atoms with Crippen molar-refractivity contribution in [2.45, 2.75) is 6.54 Å². The molecule has 0 saturated carbocycles. The summed E-state index contributed by atoms with van der Waals surface area (Å²) >= 11 is 6.51. The van der Waals surface area contributed by atoms with E-state index in [4.69, 9.17) is 21.4 Å². The number of nitrogens with zero attached hydrogens (tertiary/aromatic N) is 1. The lowest BCUT2D eigenvalue weighted by Gasteiger charge is -2.12. The van der Waals surface area contributed by atoms with Crippen molar-refractivity contribution in [3.63, 3.8) is 0 Å². The van der Waals surface area contributed by atoms with Crippen molar-refractivity contribution in [2.24, 2.45) is 0 Å². The number of thioether (sulfide) groups is 1. The number of carbonyl (C=O) groups excluding carboxylic acids is 1. The summed E-state index contributed by atoms with van der Waals surface area (Å²) in [4.78, 5) is 14.5. The van der Waals surface area contributed by atoms with Gasteiger partial charge in [0.15, 0.2) is 11.5 Å². The molecule has 1 aliphatic heterocycles. The number of carbonyl (C=O) groups is 1. The smallest absolute Gasteiger partial charge is 0.266 e. The van der Waals surface area contributed by atoms with E-state index in [-0.39, 0.29) is 11.7 Å². The fourth-order valence-corrected chi connectivity index (χ4v) is 3.39. The maximum absolute atomic E-state index is 12.5. The molecule has 5 nitrogen and oxygen atoms in total. The minimum Gasteiger partial charge on any atom is -0.504 e. The Kier molecular flexibility index (Phi) is 4.40. The summed E-state index contributed by atoms with van der Waals surface area (Å²) in [7, 11) is 1.47. The molecule has 0 atom stereocenters. The number of furan rings is 1. The first-order chi connectivity index (χ1) is 11.1. The molecule has 1 N–H and O–H groups in total. The van der Waals surface area contributed by atoms with Crippen molar-refractivity contribution in [1.29, 1.82) is 0 Å². The zero-order chi connectivity index (χ0) is 16.4. The molecule has 2 aromatic rings. The number of thiocarbonyl (C=S) groups is 1. The molecule has 0 radical (unpaired) electrons. The number of hydrogen-bond acceptors (Lipinski definition) is 6. The van der Waals surface area contributed by atoms with Crippen LogP contribution >= 0.6 is 24.0 Å². The molecule has 7 heteroatoms. The highest BCUT2D eigenvalue weighted by Crippen LogP contribution is 2.35. The predicted octanol–water partition coefficient (Wildman–Crippen LogP) is 3.40. The molecule has 0 bridgehead atoms. The van der Waals surface area contributed by atoms with E-state index in [9.17, 15) is 9.90 Å². The molecule has 3 rings (SSSR count). The van der Waals surface area contributed by atoms with Gasteiger partial charge in [-0.25, -0.2) is 0 Å². The summed E-state index contributed by atoms with van der Waals surface area (Å²) in [6.07, 6.45) is 3.29. The van der Waals surface area contributed by atoms with Crippen LogP contribution in [0.4, 0.5) is 0 Å². The number of methoxy groups -OCH3 is 1. The van der Waals surface area contributed by atoms with Gasteiger partial charge in [-0.2, -0.15) is 0 Å². The molecule has 1 amide bonds. The van der Waals surface area contributed by atoms with Crippen LogP contribution in [0.3, 0.4) is 0 Å². The fourth-order valence-electron chi connectivity index (χ4n) is 2.13. The van der Waals surface area contributed by atoms with Crippen molar-refractivity contribution in [3.8, 4) is 11.5 Å². The molecule has 1 fully saturated rings. The molecule has 1 saturated heterocycles. The first-order valence-electron chi connectivity index (χ1n) is 6.73. The van der Waals surface area contributed by atoms with Crippen LogP contribution in [0.1, 0.15) is 11.3 Å². The van der Waals surface area contributed by atoms with E-state index >= 15 is 0 Å². The van der Waals surface area contributed by atoms with Crippen LogP contribution in [0, 0.1) is 0 Å². The molecule has 1 aliphatic rings. The van der Waals surface area contributed by atoms with Crippen LogP contribution in [-0.4, -0.2) is 27.3 Å². The van der Waals surface area contributed by atoms with Gasteiger partial charge in [0, 0.05) is 0 Å². The monoisotopic (exact) mass is 347 g/mol. The van der Waals surface area contributed by atoms with Gasteiger partial charge in [0.1, 0.15) is 10.1 Å². The normalized spacial score (nSPS) is 16.4. The highest BCUT2D eigenvalue weighted by atomic mass is 32.2. The number of benzene rings is 1. The second-order valence-corrected chi connectivity index (χ2v) is 6.45. The summed E-state index contributed by atoms with van der Waals surface area (Å²) in [6, 6.07) is 8.46. The molecule has 0 aliphatic carbocycles. The van der Waals surface area contributed by atoms with Crippen molar-refractivity contribution < 1.29 is 19.1 Å². The van der Waals surface area contributed by atoms with Gasteiger partial charge in [-0.15, -0.1) is 0 Å². The Labute approximate surface area is 142 Å². The Morgan fingerprint density at radius 3 is 2.96 bits per heavy atom. The van der Waals surface area contributed by atoms with Gasteiger partial charge < -0.3 is 14.3 Å². The van der Waals surface area contributed by atoms with Crippen LogP contribution in [0.2, 0.25) is 0 Å². The highest BCUT2D eigenvalue weighted by molar-refractivity contribution is 8.26. The largest absolute Gasteiger partial charge is 0.504 e. The van der Waals surface area contributed by atoms with Crippen molar-refractivity contribution in [2.75, 3.05) is 7.11 Å². The van der Waals surface area contributed by atoms with Crippen molar-refractivity contribution >= 4 is 40.3 Å². The van der Waals surface area contributed by atoms with E-state index in [1.54, 1.807) is 36.6 Å². The predicted molar refractivity (Wildman–Crippen MR) is 92.1 cm³/mol.